The molecule has 5 nitrogen and oxygen atoms in total. The molecule has 0 aliphatic carbocycles. The van der Waals surface area contributed by atoms with Crippen molar-refractivity contribution in [1.29, 1.82) is 5.26 Å². The third kappa shape index (κ3) is 7.11. The Kier molecular flexibility index (Phi) is 11.2. The molecule has 0 aliphatic rings. The van der Waals surface area contributed by atoms with Crippen molar-refractivity contribution in [2.45, 2.75) is 65.8 Å². The molecule has 0 aliphatic heterocycles. The summed E-state index contributed by atoms with van der Waals surface area (Å²) in [5.74, 6) is -2.89. The summed E-state index contributed by atoms with van der Waals surface area (Å²) < 4.78 is 27.3. The summed E-state index contributed by atoms with van der Waals surface area (Å²) in [6.45, 7) is 16.5. The zero-order chi connectivity index (χ0) is 27.5. The van der Waals surface area contributed by atoms with Gasteiger partial charge in [0.2, 0.25) is 0 Å². The number of rotatable bonds is 7. The highest BCUT2D eigenvalue weighted by Crippen LogP contribution is 2.42. The van der Waals surface area contributed by atoms with Crippen LogP contribution < -0.4 is 5.73 Å². The number of nitrogens with two attached hydrogens (primary N) is 1. The van der Waals surface area contributed by atoms with E-state index in [1.54, 1.807) is 37.4 Å². The van der Waals surface area contributed by atoms with Gasteiger partial charge in [-0.1, -0.05) is 58.0 Å². The largest absolute Gasteiger partial charge is 0.388 e. The highest BCUT2D eigenvalue weighted by atomic mass is 19.3. The monoisotopic (exact) mass is 493 g/mol. The van der Waals surface area contributed by atoms with E-state index in [0.717, 1.165) is 29.3 Å². The maximum atomic E-state index is 13.7. The first-order valence-electron chi connectivity index (χ1n) is 12.1. The second-order valence-electron chi connectivity index (χ2n) is 8.00. The Morgan fingerprint density at radius 1 is 1.11 bits per heavy atom. The third-order valence-electron chi connectivity index (χ3n) is 5.46. The number of aromatic amines is 1. The van der Waals surface area contributed by atoms with E-state index in [0.29, 0.717) is 11.4 Å². The molecule has 2 heterocycles. The minimum atomic E-state index is -2.92. The van der Waals surface area contributed by atoms with Gasteiger partial charge in [-0.15, -0.1) is 6.58 Å². The van der Waals surface area contributed by atoms with Crippen LogP contribution in [0, 0.1) is 11.3 Å². The average Bonchev–Trinajstić information content (AvgIpc) is 3.38. The Hall–Kier alpha value is -3.79. The highest BCUT2D eigenvalue weighted by molar-refractivity contribution is 5.78. The minimum absolute atomic E-state index is 0.0590. The molecule has 192 valence electrons. The van der Waals surface area contributed by atoms with Gasteiger partial charge in [0.1, 0.15) is 11.6 Å². The van der Waals surface area contributed by atoms with Crippen LogP contribution in [0.5, 0.6) is 0 Å². The van der Waals surface area contributed by atoms with Crippen LogP contribution in [0.2, 0.25) is 0 Å². The van der Waals surface area contributed by atoms with Crippen molar-refractivity contribution in [3.05, 3.63) is 90.0 Å². The van der Waals surface area contributed by atoms with Gasteiger partial charge in [0.25, 0.3) is 5.92 Å². The zero-order valence-electron chi connectivity index (χ0n) is 22.2. The third-order valence-corrected chi connectivity index (χ3v) is 5.46. The number of hydrogen-bond acceptors (Lipinski definition) is 3. The molecule has 0 radical (unpaired) electrons. The summed E-state index contributed by atoms with van der Waals surface area (Å²) >= 11 is 0. The van der Waals surface area contributed by atoms with Crippen LogP contribution in [0.15, 0.2) is 72.6 Å². The lowest BCUT2D eigenvalue weighted by Gasteiger charge is -2.33. The topological polar surface area (TPSA) is 90.8 Å². The molecule has 3 N–H and O–H groups in total. The van der Waals surface area contributed by atoms with Gasteiger partial charge in [0.15, 0.2) is 0 Å². The average molecular weight is 494 g/mol. The maximum absolute atomic E-state index is 13.7. The number of benzene rings is 1. The normalized spacial score (nSPS) is 13.6. The van der Waals surface area contributed by atoms with Gasteiger partial charge in [-0.2, -0.15) is 5.26 Å². The summed E-state index contributed by atoms with van der Waals surface area (Å²) in [5, 5.41) is 9.16. The molecule has 2 atom stereocenters. The molecule has 7 heteroatoms. The van der Waals surface area contributed by atoms with E-state index in [-0.39, 0.29) is 11.5 Å². The number of alkyl halides is 2. The Morgan fingerprint density at radius 3 is 2.22 bits per heavy atom. The molecule has 1 aromatic carbocycles. The van der Waals surface area contributed by atoms with Crippen LogP contribution in [0.4, 0.5) is 8.78 Å². The quantitative estimate of drug-likeness (QED) is 0.201. The van der Waals surface area contributed by atoms with Gasteiger partial charge < -0.3 is 10.7 Å². The van der Waals surface area contributed by atoms with E-state index >= 15 is 0 Å². The second-order valence-corrected chi connectivity index (χ2v) is 8.00. The van der Waals surface area contributed by atoms with Crippen LogP contribution in [0.3, 0.4) is 0 Å². The molecule has 0 saturated carbocycles. The number of pyridine rings is 1. The number of amidine groups is 1. The van der Waals surface area contributed by atoms with E-state index in [2.05, 4.69) is 22.6 Å². The van der Waals surface area contributed by atoms with Crippen LogP contribution in [0.25, 0.3) is 11.1 Å². The van der Waals surface area contributed by atoms with Crippen molar-refractivity contribution in [2.75, 3.05) is 0 Å². The Balaban J connectivity index is 0.00000154. The van der Waals surface area contributed by atoms with Crippen LogP contribution in [-0.4, -0.2) is 15.8 Å². The highest BCUT2D eigenvalue weighted by Gasteiger charge is 2.37. The molecule has 3 rings (SSSR count). The van der Waals surface area contributed by atoms with Gasteiger partial charge in [-0.3, -0.25) is 9.98 Å². The number of nitrogens with one attached hydrogen (secondary N) is 1. The minimum Gasteiger partial charge on any atom is -0.388 e. The lowest BCUT2D eigenvalue weighted by atomic mass is 9.78. The van der Waals surface area contributed by atoms with Crippen LogP contribution >= 0.6 is 0 Å². The molecule has 0 bridgehead atoms. The lowest BCUT2D eigenvalue weighted by Crippen LogP contribution is -2.30. The van der Waals surface area contributed by atoms with Gasteiger partial charge >= 0.3 is 0 Å². The summed E-state index contributed by atoms with van der Waals surface area (Å²) in [4.78, 5) is 12.1. The molecule has 2 unspecified atom stereocenters. The molecule has 0 fully saturated rings. The first-order chi connectivity index (χ1) is 17.1. The summed E-state index contributed by atoms with van der Waals surface area (Å²) in [6.07, 6.45) is 6.73. The summed E-state index contributed by atoms with van der Waals surface area (Å²) in [6, 6.07) is 11.9. The van der Waals surface area contributed by atoms with Crippen molar-refractivity contribution in [3.8, 4) is 17.2 Å². The number of hydrogen-bond donors (Lipinski definition) is 2. The molecule has 36 heavy (non-hydrogen) atoms. The zero-order valence-corrected chi connectivity index (χ0v) is 22.2. The van der Waals surface area contributed by atoms with Crippen molar-refractivity contribution >= 4 is 5.84 Å². The van der Waals surface area contributed by atoms with Gasteiger partial charge in [-0.25, -0.2) is 8.78 Å². The van der Waals surface area contributed by atoms with Crippen LogP contribution in [-0.2, 0) is 11.5 Å². The molecule has 0 amide bonds. The number of aromatic nitrogens is 2. The fourth-order valence-electron chi connectivity index (χ4n) is 3.85. The first-order valence-corrected chi connectivity index (χ1v) is 12.1. The number of nitrogens with zero attached hydrogens (tertiary/aromatic N) is 3. The molecule has 0 spiro atoms. The van der Waals surface area contributed by atoms with Crippen LogP contribution in [0.1, 0.15) is 76.8 Å². The number of H-pyrrole nitrogens is 1. The number of aliphatic imine (C=N–C) groups is 1. The predicted octanol–water partition coefficient (Wildman–Crippen LogP) is 7.67. The molecule has 3 aromatic rings. The van der Waals surface area contributed by atoms with E-state index in [9.17, 15) is 8.78 Å². The van der Waals surface area contributed by atoms with E-state index < -0.39 is 11.5 Å². The predicted molar refractivity (Wildman–Crippen MR) is 145 cm³/mol. The standard InChI is InChI=1S/C25H25F2N5.2C2H6/c1-5-22(18-6-8-21(9-7-18)25(4,26)27)24(3,32-16(2)29)23-11-20(15-31-23)19-10-17(12-28)13-30-14-19;2*1-2/h5-11,13-15,22,31H,1H2,2-4H3,(H2,29,32);2*1-2H3. The fraction of sp³-hybridized carbons (Fsp3) is 0.345. The Morgan fingerprint density at radius 2 is 1.72 bits per heavy atom. The van der Waals surface area contributed by atoms with Gasteiger partial charge in [-0.05, 0) is 31.5 Å². The summed E-state index contributed by atoms with van der Waals surface area (Å²) in [5.41, 5.74) is 8.66. The SMILES string of the molecule is C=CC(c1ccc(C(C)(F)F)cc1)C(C)(N=C(C)N)c1cc(-c2cncc(C#N)c2)c[nH]1.CC.CC. The van der Waals surface area contributed by atoms with E-state index in [1.165, 1.54) is 18.3 Å². The second kappa shape index (κ2) is 13.3. The molecular formula is C29H37F2N5. The maximum Gasteiger partial charge on any atom is 0.270 e. The summed E-state index contributed by atoms with van der Waals surface area (Å²) in [7, 11) is 0. The number of halogens is 2. The van der Waals surface area contributed by atoms with Crippen molar-refractivity contribution < 1.29 is 8.78 Å². The Bertz CT molecular complexity index is 1180. The molecule has 0 saturated heterocycles. The smallest absolute Gasteiger partial charge is 0.270 e. The van der Waals surface area contributed by atoms with E-state index in [4.69, 9.17) is 16.0 Å². The molecule has 2 aromatic heterocycles. The first kappa shape index (κ1) is 30.2. The van der Waals surface area contributed by atoms with Gasteiger partial charge in [0.05, 0.1) is 11.4 Å². The van der Waals surface area contributed by atoms with Crippen molar-refractivity contribution in [1.82, 2.24) is 9.97 Å². The lowest BCUT2D eigenvalue weighted by molar-refractivity contribution is 0.0174. The van der Waals surface area contributed by atoms with Crippen molar-refractivity contribution in [3.63, 3.8) is 0 Å². The number of nitriles is 1. The fourth-order valence-corrected chi connectivity index (χ4v) is 3.85. The van der Waals surface area contributed by atoms with E-state index in [1.807, 2.05) is 46.9 Å². The van der Waals surface area contributed by atoms with Gasteiger partial charge in [0, 0.05) is 53.8 Å². The molecular weight excluding hydrogens is 456 g/mol. The van der Waals surface area contributed by atoms with Crippen molar-refractivity contribution in [2.24, 2.45) is 10.7 Å². The Labute approximate surface area is 213 Å².